The molecule has 0 saturated heterocycles. The predicted molar refractivity (Wildman–Crippen MR) is 78.7 cm³/mol. The fourth-order valence-electron chi connectivity index (χ4n) is 2.83. The molecule has 0 aliphatic heterocycles. The van der Waals surface area contributed by atoms with Crippen molar-refractivity contribution in [2.24, 2.45) is 0 Å². The normalized spacial score (nSPS) is 17.4. The van der Waals surface area contributed by atoms with Crippen molar-refractivity contribution in [1.29, 1.82) is 0 Å². The number of methoxy groups -OCH3 is 1. The Morgan fingerprint density at radius 2 is 2.05 bits per heavy atom. The number of fused-ring (bicyclic) bond motifs is 1. The number of anilines is 1. The molecule has 0 bridgehead atoms. The maximum Gasteiger partial charge on any atom is 0.146 e. The SMILES string of the molecule is COc1ccc2c(c1)CCCC2Nc1ccccc1F. The molecule has 0 spiro atoms. The van der Waals surface area contributed by atoms with Crippen molar-refractivity contribution in [1.82, 2.24) is 0 Å². The van der Waals surface area contributed by atoms with Gasteiger partial charge < -0.3 is 10.1 Å². The van der Waals surface area contributed by atoms with Crippen LogP contribution in [0.5, 0.6) is 5.75 Å². The van der Waals surface area contributed by atoms with Crippen LogP contribution in [0.3, 0.4) is 0 Å². The van der Waals surface area contributed by atoms with E-state index < -0.39 is 0 Å². The lowest BCUT2D eigenvalue weighted by molar-refractivity contribution is 0.413. The average molecular weight is 271 g/mol. The summed E-state index contributed by atoms with van der Waals surface area (Å²) >= 11 is 0. The van der Waals surface area contributed by atoms with Crippen molar-refractivity contribution in [3.05, 3.63) is 59.4 Å². The van der Waals surface area contributed by atoms with Gasteiger partial charge in [-0.3, -0.25) is 0 Å². The van der Waals surface area contributed by atoms with Crippen LogP contribution in [0.15, 0.2) is 42.5 Å². The van der Waals surface area contributed by atoms with Crippen molar-refractivity contribution >= 4 is 5.69 Å². The maximum absolute atomic E-state index is 13.8. The van der Waals surface area contributed by atoms with Crippen LogP contribution in [-0.2, 0) is 6.42 Å². The van der Waals surface area contributed by atoms with Gasteiger partial charge in [-0.25, -0.2) is 4.39 Å². The number of rotatable bonds is 3. The zero-order valence-corrected chi connectivity index (χ0v) is 11.5. The first kappa shape index (κ1) is 13.0. The van der Waals surface area contributed by atoms with Gasteiger partial charge in [0, 0.05) is 0 Å². The van der Waals surface area contributed by atoms with Crippen molar-refractivity contribution < 1.29 is 9.13 Å². The summed E-state index contributed by atoms with van der Waals surface area (Å²) in [5, 5.41) is 3.33. The smallest absolute Gasteiger partial charge is 0.146 e. The highest BCUT2D eigenvalue weighted by molar-refractivity contribution is 5.49. The molecule has 0 saturated carbocycles. The molecule has 0 heterocycles. The number of benzene rings is 2. The minimum absolute atomic E-state index is 0.168. The van der Waals surface area contributed by atoms with E-state index in [9.17, 15) is 4.39 Å². The molecule has 2 nitrogen and oxygen atoms in total. The minimum atomic E-state index is -0.201. The Labute approximate surface area is 118 Å². The van der Waals surface area contributed by atoms with E-state index in [2.05, 4.69) is 17.4 Å². The van der Waals surface area contributed by atoms with Crippen molar-refractivity contribution in [3.8, 4) is 5.75 Å². The van der Waals surface area contributed by atoms with Crippen LogP contribution in [-0.4, -0.2) is 7.11 Å². The summed E-state index contributed by atoms with van der Waals surface area (Å²) in [6, 6.07) is 13.1. The quantitative estimate of drug-likeness (QED) is 0.897. The number of ether oxygens (including phenoxy) is 1. The summed E-state index contributed by atoms with van der Waals surface area (Å²) < 4.78 is 19.0. The molecular formula is C17H18FNO. The zero-order chi connectivity index (χ0) is 13.9. The standard InChI is InChI=1S/C17H18FNO/c1-20-13-9-10-14-12(11-13)5-4-8-16(14)19-17-7-3-2-6-15(17)18/h2-3,6-7,9-11,16,19H,4-5,8H2,1H3. The topological polar surface area (TPSA) is 21.3 Å². The Balaban J connectivity index is 1.88. The van der Waals surface area contributed by atoms with Crippen molar-refractivity contribution in [3.63, 3.8) is 0 Å². The lowest BCUT2D eigenvalue weighted by Crippen LogP contribution is -2.18. The predicted octanol–water partition coefficient (Wildman–Crippen LogP) is 4.32. The van der Waals surface area contributed by atoms with Crippen LogP contribution in [0, 0.1) is 5.82 Å². The summed E-state index contributed by atoms with van der Waals surface area (Å²) in [5.74, 6) is 0.684. The Morgan fingerprint density at radius 3 is 2.85 bits per heavy atom. The summed E-state index contributed by atoms with van der Waals surface area (Å²) in [6.07, 6.45) is 3.18. The van der Waals surface area contributed by atoms with Crippen LogP contribution in [0.2, 0.25) is 0 Å². The maximum atomic E-state index is 13.8. The summed E-state index contributed by atoms with van der Waals surface area (Å²) in [4.78, 5) is 0. The van der Waals surface area contributed by atoms with Gasteiger partial charge in [-0.05, 0) is 54.7 Å². The molecule has 0 fully saturated rings. The second kappa shape index (κ2) is 5.53. The molecule has 1 aliphatic carbocycles. The molecule has 1 unspecified atom stereocenters. The highest BCUT2D eigenvalue weighted by Crippen LogP contribution is 2.34. The van der Waals surface area contributed by atoms with Gasteiger partial charge in [0.25, 0.3) is 0 Å². The fourth-order valence-corrected chi connectivity index (χ4v) is 2.83. The van der Waals surface area contributed by atoms with E-state index in [1.807, 2.05) is 12.1 Å². The molecule has 2 aromatic rings. The first-order chi connectivity index (χ1) is 9.78. The van der Waals surface area contributed by atoms with E-state index >= 15 is 0 Å². The number of nitrogens with one attached hydrogen (secondary N) is 1. The highest BCUT2D eigenvalue weighted by atomic mass is 19.1. The Hall–Kier alpha value is -2.03. The molecule has 1 atom stereocenters. The minimum Gasteiger partial charge on any atom is -0.497 e. The van der Waals surface area contributed by atoms with E-state index in [0.717, 1.165) is 25.0 Å². The largest absolute Gasteiger partial charge is 0.497 e. The molecule has 0 aromatic heterocycles. The van der Waals surface area contributed by atoms with Gasteiger partial charge in [-0.2, -0.15) is 0 Å². The number of halogens is 1. The van der Waals surface area contributed by atoms with Gasteiger partial charge in [-0.15, -0.1) is 0 Å². The lowest BCUT2D eigenvalue weighted by atomic mass is 9.87. The lowest BCUT2D eigenvalue weighted by Gasteiger charge is -2.27. The van der Waals surface area contributed by atoms with Gasteiger partial charge in [0.1, 0.15) is 11.6 Å². The van der Waals surface area contributed by atoms with E-state index in [1.54, 1.807) is 19.2 Å². The molecule has 20 heavy (non-hydrogen) atoms. The number of aryl methyl sites for hydroxylation is 1. The summed E-state index contributed by atoms with van der Waals surface area (Å²) in [7, 11) is 1.68. The first-order valence-electron chi connectivity index (χ1n) is 6.96. The van der Waals surface area contributed by atoms with Crippen molar-refractivity contribution in [2.75, 3.05) is 12.4 Å². The molecule has 0 amide bonds. The second-order valence-corrected chi connectivity index (χ2v) is 5.13. The molecule has 3 heteroatoms. The van der Waals surface area contributed by atoms with Crippen LogP contribution >= 0.6 is 0 Å². The third kappa shape index (κ3) is 2.48. The van der Waals surface area contributed by atoms with Crippen molar-refractivity contribution in [2.45, 2.75) is 25.3 Å². The number of hydrogen-bond acceptors (Lipinski definition) is 2. The highest BCUT2D eigenvalue weighted by Gasteiger charge is 2.21. The summed E-state index contributed by atoms with van der Waals surface area (Å²) in [6.45, 7) is 0. The Bertz CT molecular complexity index is 612. The molecule has 0 radical (unpaired) electrons. The van der Waals surface area contributed by atoms with Crippen LogP contribution < -0.4 is 10.1 Å². The fraction of sp³-hybridized carbons (Fsp3) is 0.294. The molecule has 104 valence electrons. The van der Waals surface area contributed by atoms with Gasteiger partial charge in [0.05, 0.1) is 18.8 Å². The molecule has 2 aromatic carbocycles. The van der Waals surface area contributed by atoms with Gasteiger partial charge in [0.15, 0.2) is 0 Å². The summed E-state index contributed by atoms with van der Waals surface area (Å²) in [5.41, 5.74) is 3.12. The van der Waals surface area contributed by atoms with Crippen LogP contribution in [0.1, 0.15) is 30.0 Å². The molecule has 1 N–H and O–H groups in total. The van der Waals surface area contributed by atoms with Gasteiger partial charge in [0.2, 0.25) is 0 Å². The van der Waals surface area contributed by atoms with E-state index in [4.69, 9.17) is 4.74 Å². The third-order valence-electron chi connectivity index (χ3n) is 3.87. The van der Waals surface area contributed by atoms with Gasteiger partial charge in [-0.1, -0.05) is 18.2 Å². The molecule has 1 aliphatic rings. The van der Waals surface area contributed by atoms with Crippen LogP contribution in [0.25, 0.3) is 0 Å². The monoisotopic (exact) mass is 271 g/mol. The van der Waals surface area contributed by atoms with E-state index in [-0.39, 0.29) is 11.9 Å². The first-order valence-corrected chi connectivity index (χ1v) is 6.96. The van der Waals surface area contributed by atoms with Crippen LogP contribution in [0.4, 0.5) is 10.1 Å². The Kier molecular flexibility index (Phi) is 3.59. The van der Waals surface area contributed by atoms with E-state index in [1.165, 1.54) is 17.2 Å². The molecule has 3 rings (SSSR count). The van der Waals surface area contributed by atoms with Gasteiger partial charge >= 0.3 is 0 Å². The number of hydrogen-bond donors (Lipinski definition) is 1. The number of para-hydroxylation sites is 1. The zero-order valence-electron chi connectivity index (χ0n) is 11.5. The van der Waals surface area contributed by atoms with E-state index in [0.29, 0.717) is 5.69 Å². The molecular weight excluding hydrogens is 253 g/mol. The Morgan fingerprint density at radius 1 is 1.20 bits per heavy atom. The average Bonchev–Trinajstić information content (AvgIpc) is 2.49. The second-order valence-electron chi connectivity index (χ2n) is 5.13. The third-order valence-corrected chi connectivity index (χ3v) is 3.87.